The molecule has 4 nitrogen and oxygen atoms in total. The molecular formula is C62H40F2N4. The van der Waals surface area contributed by atoms with E-state index < -0.39 is 11.6 Å². The maximum Gasteiger partial charge on any atom is 0.123 e. The number of nitrogens with zero attached hydrogens (tertiary/aromatic N) is 4. The molecule has 2 aliphatic carbocycles. The van der Waals surface area contributed by atoms with Gasteiger partial charge < -0.3 is 9.13 Å². The minimum absolute atomic E-state index is 0.236. The largest absolute Gasteiger partial charge is 0.307 e. The molecule has 13 rings (SSSR count). The molecule has 2 heterocycles. The molecule has 2 aromatic heterocycles. The van der Waals surface area contributed by atoms with Gasteiger partial charge in [-0.25, -0.2) is 8.78 Å². The first-order chi connectivity index (χ1) is 33.0. The number of benzene rings is 9. The molecule has 0 radical (unpaired) electrons. The van der Waals surface area contributed by atoms with Crippen molar-refractivity contribution in [3.8, 4) is 68.0 Å². The van der Waals surface area contributed by atoms with Crippen LogP contribution in [-0.2, 0) is 10.8 Å². The van der Waals surface area contributed by atoms with Crippen molar-refractivity contribution in [2.45, 2.75) is 38.5 Å². The highest BCUT2D eigenvalue weighted by molar-refractivity contribution is 6.15. The number of nitriles is 2. The Labute approximate surface area is 391 Å². The quantitative estimate of drug-likeness (QED) is 0.177. The smallest absolute Gasteiger partial charge is 0.123 e. The van der Waals surface area contributed by atoms with Crippen LogP contribution in [0, 0.1) is 34.3 Å². The fourth-order valence-corrected chi connectivity index (χ4v) is 12.0. The van der Waals surface area contributed by atoms with Crippen LogP contribution >= 0.6 is 0 Å². The van der Waals surface area contributed by atoms with Crippen LogP contribution in [0.3, 0.4) is 0 Å². The second-order valence-electron chi connectivity index (χ2n) is 19.3. The molecule has 0 saturated heterocycles. The van der Waals surface area contributed by atoms with E-state index in [4.69, 9.17) is 0 Å². The van der Waals surface area contributed by atoms with E-state index in [1.807, 2.05) is 24.3 Å². The number of fused-ring (bicyclic) bond motifs is 12. The molecule has 0 bridgehead atoms. The zero-order valence-electron chi connectivity index (χ0n) is 37.7. The van der Waals surface area contributed by atoms with Gasteiger partial charge in [-0.05, 0) is 116 Å². The summed E-state index contributed by atoms with van der Waals surface area (Å²) in [6, 6.07) is 60.4. The first-order valence-corrected chi connectivity index (χ1v) is 22.9. The zero-order chi connectivity index (χ0) is 46.4. The molecule has 11 aromatic rings. The number of hydrogen-bond donors (Lipinski definition) is 0. The molecule has 0 unspecified atom stereocenters. The van der Waals surface area contributed by atoms with Crippen molar-refractivity contribution in [2.75, 3.05) is 0 Å². The average Bonchev–Trinajstić information content (AvgIpc) is 4.00. The third kappa shape index (κ3) is 5.20. The van der Waals surface area contributed by atoms with Crippen molar-refractivity contribution in [3.05, 3.63) is 215 Å². The summed E-state index contributed by atoms with van der Waals surface area (Å²) in [6.45, 7) is 9.03. The minimum Gasteiger partial charge on any atom is -0.307 e. The molecule has 0 N–H and O–H groups in total. The van der Waals surface area contributed by atoms with Gasteiger partial charge in [-0.1, -0.05) is 137 Å². The molecule has 0 spiro atoms. The van der Waals surface area contributed by atoms with Gasteiger partial charge in [0.2, 0.25) is 0 Å². The Bertz CT molecular complexity index is 3890. The maximum atomic E-state index is 15.3. The second-order valence-corrected chi connectivity index (χ2v) is 19.3. The van der Waals surface area contributed by atoms with Gasteiger partial charge in [0.25, 0.3) is 0 Å². The van der Waals surface area contributed by atoms with Crippen molar-refractivity contribution in [3.63, 3.8) is 0 Å². The summed E-state index contributed by atoms with van der Waals surface area (Å²) in [5.74, 6) is -0.849. The van der Waals surface area contributed by atoms with Crippen LogP contribution in [-0.4, -0.2) is 9.13 Å². The summed E-state index contributed by atoms with van der Waals surface area (Å²) in [4.78, 5) is 0. The Morgan fingerprint density at radius 3 is 1.19 bits per heavy atom. The van der Waals surface area contributed by atoms with Crippen LogP contribution in [0.1, 0.15) is 61.1 Å². The van der Waals surface area contributed by atoms with E-state index in [0.717, 1.165) is 65.9 Å². The Balaban J connectivity index is 1.27. The Kier molecular flexibility index (Phi) is 8.17. The number of hydrogen-bond acceptors (Lipinski definition) is 2. The molecule has 6 heteroatoms. The summed E-state index contributed by atoms with van der Waals surface area (Å²) < 4.78 is 34.6. The van der Waals surface area contributed by atoms with Gasteiger partial charge in [0.15, 0.2) is 0 Å². The van der Waals surface area contributed by atoms with Gasteiger partial charge >= 0.3 is 0 Å². The lowest BCUT2D eigenvalue weighted by atomic mass is 9.82. The summed E-state index contributed by atoms with van der Waals surface area (Å²) in [5.41, 5.74) is 15.9. The fraction of sp³-hybridized carbons (Fsp3) is 0.0968. The van der Waals surface area contributed by atoms with Gasteiger partial charge in [0.1, 0.15) is 23.8 Å². The van der Waals surface area contributed by atoms with Gasteiger partial charge in [0.05, 0.1) is 44.6 Å². The predicted molar refractivity (Wildman–Crippen MR) is 270 cm³/mol. The highest BCUT2D eigenvalue weighted by atomic mass is 19.1. The SMILES string of the molecule is CC1(C)c2ccccc2-c2cc3c4ccccc4n(-c4c(C#N)c(-c5ccc(F)cc5)c(C#N)c(-n5c6ccccc6c6cc7c(cc65)C(C)(C)c5ccccc5-7)c4-c4ccc(F)cc4)c3cc21. The van der Waals surface area contributed by atoms with Gasteiger partial charge in [-0.3, -0.25) is 0 Å². The first kappa shape index (κ1) is 39.8. The Hall–Kier alpha value is -8.58. The van der Waals surface area contributed by atoms with Crippen molar-refractivity contribution in [2.24, 2.45) is 0 Å². The highest BCUT2D eigenvalue weighted by Gasteiger charge is 2.39. The normalized spacial score (nSPS) is 13.9. The molecule has 2 aliphatic rings. The van der Waals surface area contributed by atoms with Gasteiger partial charge in [-0.2, -0.15) is 10.5 Å². The molecule has 9 aromatic carbocycles. The van der Waals surface area contributed by atoms with Crippen molar-refractivity contribution in [1.29, 1.82) is 10.5 Å². The highest BCUT2D eigenvalue weighted by Crippen LogP contribution is 2.55. The molecule has 0 aliphatic heterocycles. The van der Waals surface area contributed by atoms with Crippen molar-refractivity contribution >= 4 is 43.6 Å². The molecular weight excluding hydrogens is 839 g/mol. The molecule has 0 saturated carbocycles. The minimum atomic E-state index is -0.436. The standard InChI is InChI=1S/C62H40F2N4/c1-61(2)49-17-9-5-13-39(49)43-29-45-41-15-7-11-19-53(41)67(55(45)31-51(43)61)59-47(33-65)57(35-21-25-37(63)26-22-35)48(34-66)60(58(59)36-23-27-38(64)28-24-36)68-54-20-12-8-16-42(54)46-30-44-40-14-6-10-18-50(40)62(3,4)52(44)32-56(46)68/h5-32H,1-4H3. The van der Waals surface area contributed by atoms with Crippen LogP contribution in [0.2, 0.25) is 0 Å². The fourth-order valence-electron chi connectivity index (χ4n) is 12.0. The third-order valence-corrected chi connectivity index (χ3v) is 15.1. The summed E-state index contributed by atoms with van der Waals surface area (Å²) >= 11 is 0. The first-order valence-electron chi connectivity index (χ1n) is 22.9. The van der Waals surface area contributed by atoms with E-state index in [2.05, 4.69) is 146 Å². The second kappa shape index (κ2) is 14.0. The van der Waals surface area contributed by atoms with E-state index in [0.29, 0.717) is 33.6 Å². The summed E-state index contributed by atoms with van der Waals surface area (Å²) in [6.07, 6.45) is 0. The zero-order valence-corrected chi connectivity index (χ0v) is 37.7. The molecule has 322 valence electrons. The number of halogens is 2. The average molecular weight is 879 g/mol. The molecule has 0 atom stereocenters. The van der Waals surface area contributed by atoms with E-state index in [-0.39, 0.29) is 22.0 Å². The monoisotopic (exact) mass is 878 g/mol. The Morgan fingerprint density at radius 1 is 0.382 bits per heavy atom. The lowest BCUT2D eigenvalue weighted by molar-refractivity contribution is 0.627. The number of rotatable bonds is 4. The van der Waals surface area contributed by atoms with Crippen LogP contribution in [0.5, 0.6) is 0 Å². The number of aromatic nitrogens is 2. The lowest BCUT2D eigenvalue weighted by Gasteiger charge is -2.26. The van der Waals surface area contributed by atoms with Crippen LogP contribution in [0.4, 0.5) is 8.78 Å². The molecule has 68 heavy (non-hydrogen) atoms. The van der Waals surface area contributed by atoms with Crippen LogP contribution in [0.25, 0.3) is 99.5 Å². The summed E-state index contributed by atoms with van der Waals surface area (Å²) in [7, 11) is 0. The Morgan fingerprint density at radius 2 is 0.765 bits per heavy atom. The van der Waals surface area contributed by atoms with E-state index in [9.17, 15) is 14.9 Å². The topological polar surface area (TPSA) is 57.4 Å². The predicted octanol–water partition coefficient (Wildman–Crippen LogP) is 15.8. The van der Waals surface area contributed by atoms with Crippen molar-refractivity contribution in [1.82, 2.24) is 9.13 Å². The number of para-hydroxylation sites is 2. The summed E-state index contributed by atoms with van der Waals surface area (Å²) in [5, 5.41) is 27.7. The van der Waals surface area contributed by atoms with Gasteiger partial charge in [0, 0.05) is 43.5 Å². The van der Waals surface area contributed by atoms with E-state index in [1.54, 1.807) is 24.3 Å². The van der Waals surface area contributed by atoms with Crippen molar-refractivity contribution < 1.29 is 8.78 Å². The van der Waals surface area contributed by atoms with Gasteiger partial charge in [-0.15, -0.1) is 0 Å². The van der Waals surface area contributed by atoms with Crippen LogP contribution in [0.15, 0.2) is 170 Å². The van der Waals surface area contributed by atoms with E-state index in [1.165, 1.54) is 46.5 Å². The third-order valence-electron chi connectivity index (χ3n) is 15.1. The lowest BCUT2D eigenvalue weighted by Crippen LogP contribution is -2.15. The van der Waals surface area contributed by atoms with E-state index >= 15 is 4.39 Å². The molecule has 0 fully saturated rings. The van der Waals surface area contributed by atoms with Crippen LogP contribution < -0.4 is 0 Å². The maximum absolute atomic E-state index is 15.3. The molecule has 0 amide bonds.